The molecule has 0 aliphatic carbocycles. The molecule has 17 heavy (non-hydrogen) atoms. The van der Waals surface area contributed by atoms with Crippen molar-refractivity contribution < 1.29 is 0 Å². The highest BCUT2D eigenvalue weighted by atomic mass is 35.5. The molecule has 0 aliphatic rings. The lowest BCUT2D eigenvalue weighted by molar-refractivity contribution is 0.566. The normalized spacial score (nSPS) is 12.2. The number of thioether (sulfide) groups is 1. The van der Waals surface area contributed by atoms with E-state index >= 15 is 0 Å². The van der Waals surface area contributed by atoms with Gasteiger partial charge in [-0.1, -0.05) is 12.1 Å². The van der Waals surface area contributed by atoms with Crippen LogP contribution in [0.25, 0.3) is 11.0 Å². The third-order valence-electron chi connectivity index (χ3n) is 2.94. The van der Waals surface area contributed by atoms with Gasteiger partial charge >= 0.3 is 0 Å². The van der Waals surface area contributed by atoms with E-state index in [1.54, 1.807) is 0 Å². The molecule has 0 saturated heterocycles. The van der Waals surface area contributed by atoms with Gasteiger partial charge in [0.1, 0.15) is 5.82 Å². The minimum absolute atomic E-state index is 0.185. The van der Waals surface area contributed by atoms with Gasteiger partial charge in [0.25, 0.3) is 0 Å². The molecule has 2 aromatic rings. The van der Waals surface area contributed by atoms with Crippen LogP contribution < -0.4 is 0 Å². The summed E-state index contributed by atoms with van der Waals surface area (Å²) in [6, 6.07) is 8.20. The second-order valence-corrected chi connectivity index (χ2v) is 6.48. The monoisotopic (exact) mass is 268 g/mol. The number of hydrogen-bond donors (Lipinski definition) is 0. The number of halogens is 1. The summed E-state index contributed by atoms with van der Waals surface area (Å²) in [5.74, 6) is 1.41. The Morgan fingerprint density at radius 2 is 2.06 bits per heavy atom. The Morgan fingerprint density at radius 3 is 2.71 bits per heavy atom. The van der Waals surface area contributed by atoms with Crippen molar-refractivity contribution in [3.05, 3.63) is 30.1 Å². The lowest BCUT2D eigenvalue weighted by Crippen LogP contribution is -2.23. The predicted molar refractivity (Wildman–Crippen MR) is 76.9 cm³/mol. The Hall–Kier alpha value is -0.670. The molecule has 0 saturated carbocycles. The Bertz CT molecular complexity index is 519. The van der Waals surface area contributed by atoms with Gasteiger partial charge in [-0.2, -0.15) is 11.8 Å². The molecule has 0 unspecified atom stereocenters. The maximum absolute atomic E-state index is 5.99. The van der Waals surface area contributed by atoms with Gasteiger partial charge in [0.05, 0.1) is 16.9 Å². The van der Waals surface area contributed by atoms with Crippen molar-refractivity contribution in [1.82, 2.24) is 9.55 Å². The van der Waals surface area contributed by atoms with E-state index in [-0.39, 0.29) is 4.75 Å². The largest absolute Gasteiger partial charge is 0.326 e. The van der Waals surface area contributed by atoms with Gasteiger partial charge in [0, 0.05) is 11.3 Å². The van der Waals surface area contributed by atoms with Crippen molar-refractivity contribution in [3.8, 4) is 0 Å². The van der Waals surface area contributed by atoms with E-state index < -0.39 is 0 Å². The van der Waals surface area contributed by atoms with Crippen LogP contribution in [0.4, 0.5) is 0 Å². The standard InChI is InChI=1S/C13H17ClN2S/c1-13(2,17-3)9-16-11-7-5-4-6-10(11)15-12(16)8-14/h4-7H,8-9H2,1-3H3. The van der Waals surface area contributed by atoms with Crippen LogP contribution in [-0.4, -0.2) is 20.6 Å². The molecule has 0 aliphatic heterocycles. The Labute approximate surface area is 111 Å². The fourth-order valence-electron chi connectivity index (χ4n) is 1.85. The first-order valence-electron chi connectivity index (χ1n) is 5.62. The van der Waals surface area contributed by atoms with Crippen molar-refractivity contribution in [3.63, 3.8) is 0 Å². The number of fused-ring (bicyclic) bond motifs is 1. The minimum Gasteiger partial charge on any atom is -0.326 e. The maximum Gasteiger partial charge on any atom is 0.124 e. The first-order chi connectivity index (χ1) is 8.07. The molecule has 0 fully saturated rings. The summed E-state index contributed by atoms with van der Waals surface area (Å²) in [6.07, 6.45) is 2.14. The van der Waals surface area contributed by atoms with Crippen LogP contribution >= 0.6 is 23.4 Å². The van der Waals surface area contributed by atoms with Crippen LogP contribution in [0.1, 0.15) is 19.7 Å². The molecule has 92 valence electrons. The Morgan fingerprint density at radius 1 is 1.35 bits per heavy atom. The second kappa shape index (κ2) is 4.91. The topological polar surface area (TPSA) is 17.8 Å². The summed E-state index contributed by atoms with van der Waals surface area (Å²) in [7, 11) is 0. The summed E-state index contributed by atoms with van der Waals surface area (Å²) >= 11 is 7.85. The van der Waals surface area contributed by atoms with Gasteiger partial charge in [0.15, 0.2) is 0 Å². The zero-order chi connectivity index (χ0) is 12.5. The average Bonchev–Trinajstić information content (AvgIpc) is 2.67. The molecule has 1 aromatic carbocycles. The molecule has 0 spiro atoms. The molecule has 1 aromatic heterocycles. The second-order valence-electron chi connectivity index (χ2n) is 4.70. The molecule has 0 amide bonds. The van der Waals surface area contributed by atoms with Gasteiger partial charge in [0.2, 0.25) is 0 Å². The van der Waals surface area contributed by atoms with Crippen LogP contribution in [0, 0.1) is 0 Å². The van der Waals surface area contributed by atoms with Crippen LogP contribution in [-0.2, 0) is 12.4 Å². The third-order valence-corrected chi connectivity index (χ3v) is 4.42. The van der Waals surface area contributed by atoms with Crippen molar-refractivity contribution in [2.75, 3.05) is 6.26 Å². The quantitative estimate of drug-likeness (QED) is 0.783. The first-order valence-corrected chi connectivity index (χ1v) is 7.38. The summed E-state index contributed by atoms with van der Waals surface area (Å²) in [6.45, 7) is 5.41. The molecule has 0 N–H and O–H groups in total. The number of hydrogen-bond acceptors (Lipinski definition) is 2. The molecular weight excluding hydrogens is 252 g/mol. The van der Waals surface area contributed by atoms with Gasteiger partial charge in [-0.15, -0.1) is 11.6 Å². The zero-order valence-corrected chi connectivity index (χ0v) is 12.0. The molecule has 0 atom stereocenters. The summed E-state index contributed by atoms with van der Waals surface area (Å²) in [5.41, 5.74) is 2.20. The first kappa shape index (κ1) is 12.8. The van der Waals surface area contributed by atoms with Gasteiger partial charge in [-0.05, 0) is 32.2 Å². The molecule has 4 heteroatoms. The lowest BCUT2D eigenvalue weighted by Gasteiger charge is -2.23. The summed E-state index contributed by atoms with van der Waals surface area (Å²) in [4.78, 5) is 4.57. The molecule has 2 nitrogen and oxygen atoms in total. The molecule has 2 rings (SSSR count). The van der Waals surface area contributed by atoms with Crippen molar-refractivity contribution in [2.24, 2.45) is 0 Å². The van der Waals surface area contributed by atoms with Crippen molar-refractivity contribution in [1.29, 1.82) is 0 Å². The Balaban J connectivity index is 2.50. The SMILES string of the molecule is CSC(C)(C)Cn1c(CCl)nc2ccccc21. The molecule has 0 radical (unpaired) electrons. The van der Waals surface area contributed by atoms with Crippen LogP contribution in [0.15, 0.2) is 24.3 Å². The Kier molecular flexibility index (Phi) is 3.69. The van der Waals surface area contributed by atoms with Crippen molar-refractivity contribution in [2.45, 2.75) is 31.0 Å². The van der Waals surface area contributed by atoms with E-state index in [9.17, 15) is 0 Å². The van der Waals surface area contributed by atoms with E-state index in [4.69, 9.17) is 11.6 Å². The van der Waals surface area contributed by atoms with E-state index in [1.807, 2.05) is 30.0 Å². The molecule has 0 bridgehead atoms. The highest BCUT2D eigenvalue weighted by molar-refractivity contribution is 7.99. The van der Waals surface area contributed by atoms with E-state index in [0.717, 1.165) is 17.9 Å². The highest BCUT2D eigenvalue weighted by Gasteiger charge is 2.20. The smallest absolute Gasteiger partial charge is 0.124 e. The summed E-state index contributed by atoms with van der Waals surface area (Å²) in [5, 5.41) is 0. The zero-order valence-electron chi connectivity index (χ0n) is 10.4. The third kappa shape index (κ3) is 2.61. The number of alkyl halides is 1. The van der Waals surface area contributed by atoms with Crippen molar-refractivity contribution >= 4 is 34.4 Å². The number of rotatable bonds is 4. The average molecular weight is 269 g/mol. The number of nitrogens with zero attached hydrogens (tertiary/aromatic N) is 2. The number of imidazole rings is 1. The molecule has 1 heterocycles. The van der Waals surface area contributed by atoms with Crippen LogP contribution in [0.2, 0.25) is 0 Å². The van der Waals surface area contributed by atoms with Crippen LogP contribution in [0.5, 0.6) is 0 Å². The van der Waals surface area contributed by atoms with E-state index in [1.165, 1.54) is 5.52 Å². The number of para-hydroxylation sites is 2. The highest BCUT2D eigenvalue weighted by Crippen LogP contribution is 2.27. The van der Waals surface area contributed by atoms with Crippen LogP contribution in [0.3, 0.4) is 0 Å². The molecular formula is C13H17ClN2S. The fourth-order valence-corrected chi connectivity index (χ4v) is 2.31. The van der Waals surface area contributed by atoms with E-state index in [2.05, 4.69) is 35.7 Å². The number of aromatic nitrogens is 2. The van der Waals surface area contributed by atoms with E-state index in [0.29, 0.717) is 5.88 Å². The fraction of sp³-hybridized carbons (Fsp3) is 0.462. The lowest BCUT2D eigenvalue weighted by atomic mass is 10.2. The maximum atomic E-state index is 5.99. The number of benzene rings is 1. The minimum atomic E-state index is 0.185. The predicted octanol–water partition coefficient (Wildman–Crippen LogP) is 3.92. The van der Waals surface area contributed by atoms with Gasteiger partial charge < -0.3 is 4.57 Å². The summed E-state index contributed by atoms with van der Waals surface area (Å²) < 4.78 is 2.42. The van der Waals surface area contributed by atoms with Gasteiger partial charge in [-0.3, -0.25) is 0 Å². The van der Waals surface area contributed by atoms with Gasteiger partial charge in [-0.25, -0.2) is 4.98 Å².